The molecule has 31 heavy (non-hydrogen) atoms. The summed E-state index contributed by atoms with van der Waals surface area (Å²) in [7, 11) is 0. The molecule has 0 bridgehead atoms. The van der Waals surface area contributed by atoms with E-state index in [2.05, 4.69) is 31.4 Å². The first kappa shape index (κ1) is 21.4. The second-order valence-electron chi connectivity index (χ2n) is 6.56. The number of nitrogens with zero attached hydrogens (tertiary/aromatic N) is 4. The molecular formula is C21H16BrCl2N5O2. The van der Waals surface area contributed by atoms with Gasteiger partial charge >= 0.3 is 0 Å². The van der Waals surface area contributed by atoms with Crippen LogP contribution in [0.5, 0.6) is 5.75 Å². The minimum absolute atomic E-state index is 0.142. The molecule has 1 N–H and O–H groups in total. The summed E-state index contributed by atoms with van der Waals surface area (Å²) in [6.45, 7) is 0.644. The summed E-state index contributed by atoms with van der Waals surface area (Å²) in [5.41, 5.74) is 1.77. The van der Waals surface area contributed by atoms with Gasteiger partial charge in [-0.1, -0.05) is 41.4 Å². The van der Waals surface area contributed by atoms with E-state index < -0.39 is 0 Å². The molecule has 7 nitrogen and oxygen atoms in total. The number of rotatable bonds is 7. The van der Waals surface area contributed by atoms with Crippen LogP contribution in [-0.2, 0) is 13.3 Å². The van der Waals surface area contributed by atoms with Crippen molar-refractivity contribution in [2.75, 3.05) is 5.32 Å². The molecule has 0 saturated carbocycles. The summed E-state index contributed by atoms with van der Waals surface area (Å²) in [4.78, 5) is 12.5. The minimum atomic E-state index is -0.344. The standard InChI is InChI=1S/C21H16BrCl2N5O2/c22-17-9-15(23)5-6-20(17)31-13-28-8-7-19(27-28)21(30)26-16-10-25-29(12-16)11-14-3-1-2-4-18(14)24/h1-10,12H,11,13H2,(H,26,30). The Hall–Kier alpha value is -2.81. The van der Waals surface area contributed by atoms with Gasteiger partial charge in [-0.3, -0.25) is 9.48 Å². The van der Waals surface area contributed by atoms with Crippen molar-refractivity contribution in [3.8, 4) is 5.75 Å². The molecule has 4 rings (SSSR count). The number of nitrogens with one attached hydrogen (secondary N) is 1. The lowest BCUT2D eigenvalue weighted by atomic mass is 10.2. The largest absolute Gasteiger partial charge is 0.470 e. The third kappa shape index (κ3) is 5.46. The number of ether oxygens (including phenoxy) is 1. The van der Waals surface area contributed by atoms with Gasteiger partial charge < -0.3 is 10.1 Å². The average Bonchev–Trinajstić information content (AvgIpc) is 3.39. The number of benzene rings is 2. The lowest BCUT2D eigenvalue weighted by molar-refractivity contribution is 0.102. The molecule has 2 heterocycles. The van der Waals surface area contributed by atoms with Gasteiger partial charge in [0.05, 0.1) is 22.9 Å². The number of hydrogen-bond donors (Lipinski definition) is 1. The van der Waals surface area contributed by atoms with Crippen molar-refractivity contribution < 1.29 is 9.53 Å². The van der Waals surface area contributed by atoms with E-state index in [0.29, 0.717) is 28.0 Å². The van der Waals surface area contributed by atoms with Crippen LogP contribution in [0.3, 0.4) is 0 Å². The zero-order chi connectivity index (χ0) is 21.8. The maximum atomic E-state index is 12.5. The van der Waals surface area contributed by atoms with Crippen molar-refractivity contribution >= 4 is 50.7 Å². The number of anilines is 1. The van der Waals surface area contributed by atoms with E-state index in [1.54, 1.807) is 47.5 Å². The summed E-state index contributed by atoms with van der Waals surface area (Å²) in [5, 5.41) is 12.6. The van der Waals surface area contributed by atoms with E-state index >= 15 is 0 Å². The normalized spacial score (nSPS) is 10.8. The average molecular weight is 521 g/mol. The molecule has 2 aromatic heterocycles. The first-order valence-corrected chi connectivity index (χ1v) is 10.7. The number of halogens is 3. The van der Waals surface area contributed by atoms with E-state index in [-0.39, 0.29) is 18.3 Å². The SMILES string of the molecule is O=C(Nc1cnn(Cc2ccccc2Cl)c1)c1ccn(COc2ccc(Cl)cc2Br)n1. The topological polar surface area (TPSA) is 74.0 Å². The second kappa shape index (κ2) is 9.55. The van der Waals surface area contributed by atoms with Gasteiger partial charge in [-0.2, -0.15) is 10.2 Å². The third-order valence-electron chi connectivity index (χ3n) is 4.30. The number of carbonyl (C=O) groups excluding carboxylic acids is 1. The van der Waals surface area contributed by atoms with Gasteiger partial charge in [-0.05, 0) is 51.8 Å². The Morgan fingerprint density at radius 2 is 1.97 bits per heavy atom. The van der Waals surface area contributed by atoms with Crippen molar-refractivity contribution in [3.63, 3.8) is 0 Å². The summed E-state index contributed by atoms with van der Waals surface area (Å²) >= 11 is 15.5. The third-order valence-corrected chi connectivity index (χ3v) is 5.52. The monoisotopic (exact) mass is 519 g/mol. The van der Waals surface area contributed by atoms with Crippen LogP contribution in [0, 0.1) is 0 Å². The van der Waals surface area contributed by atoms with E-state index in [0.717, 1.165) is 10.0 Å². The molecule has 10 heteroatoms. The fourth-order valence-electron chi connectivity index (χ4n) is 2.79. The van der Waals surface area contributed by atoms with Gasteiger partial charge in [0, 0.05) is 22.4 Å². The van der Waals surface area contributed by atoms with Gasteiger partial charge in [0.15, 0.2) is 12.4 Å². The molecule has 4 aromatic rings. The predicted octanol–water partition coefficient (Wildman–Crippen LogP) is 5.49. The van der Waals surface area contributed by atoms with Crippen molar-refractivity contribution in [1.82, 2.24) is 19.6 Å². The molecular weight excluding hydrogens is 505 g/mol. The molecule has 1 amide bonds. The molecule has 0 unspecified atom stereocenters. The summed E-state index contributed by atoms with van der Waals surface area (Å²) in [5.74, 6) is 0.278. The van der Waals surface area contributed by atoms with Crippen LogP contribution in [0.1, 0.15) is 16.1 Å². The Morgan fingerprint density at radius 1 is 1.13 bits per heavy atom. The number of carbonyl (C=O) groups is 1. The van der Waals surface area contributed by atoms with Crippen LogP contribution >= 0.6 is 39.1 Å². The molecule has 2 aromatic carbocycles. The lowest BCUT2D eigenvalue weighted by Crippen LogP contribution is -2.14. The molecule has 158 valence electrons. The zero-order valence-corrected chi connectivity index (χ0v) is 19.1. The molecule has 0 aliphatic heterocycles. The Kier molecular flexibility index (Phi) is 6.60. The quantitative estimate of drug-likeness (QED) is 0.350. The Balaban J connectivity index is 1.35. The van der Waals surface area contributed by atoms with Crippen LogP contribution in [0.25, 0.3) is 0 Å². The Bertz CT molecular complexity index is 1220. The van der Waals surface area contributed by atoms with Crippen LogP contribution in [0.4, 0.5) is 5.69 Å². The molecule has 0 aliphatic carbocycles. The zero-order valence-electron chi connectivity index (χ0n) is 16.0. The Labute approximate surface area is 196 Å². The van der Waals surface area contributed by atoms with Crippen LogP contribution in [0.15, 0.2) is 71.6 Å². The van der Waals surface area contributed by atoms with Gasteiger partial charge in [0.25, 0.3) is 5.91 Å². The molecule has 0 aliphatic rings. The van der Waals surface area contributed by atoms with Crippen molar-refractivity contribution in [3.05, 3.63) is 92.9 Å². The highest BCUT2D eigenvalue weighted by Crippen LogP contribution is 2.28. The van der Waals surface area contributed by atoms with E-state index in [9.17, 15) is 4.79 Å². The fourth-order valence-corrected chi connectivity index (χ4v) is 3.79. The highest BCUT2D eigenvalue weighted by molar-refractivity contribution is 9.10. The molecule has 0 saturated heterocycles. The van der Waals surface area contributed by atoms with Gasteiger partial charge in [0.1, 0.15) is 5.75 Å². The summed E-state index contributed by atoms with van der Waals surface area (Å²) in [6.07, 6.45) is 4.98. The Morgan fingerprint density at radius 3 is 2.77 bits per heavy atom. The van der Waals surface area contributed by atoms with Crippen molar-refractivity contribution in [2.45, 2.75) is 13.3 Å². The van der Waals surface area contributed by atoms with E-state index in [1.807, 2.05) is 24.3 Å². The van der Waals surface area contributed by atoms with Crippen LogP contribution in [0.2, 0.25) is 10.0 Å². The maximum Gasteiger partial charge on any atom is 0.276 e. The van der Waals surface area contributed by atoms with Gasteiger partial charge in [0.2, 0.25) is 0 Å². The van der Waals surface area contributed by atoms with Gasteiger partial charge in [-0.15, -0.1) is 0 Å². The van der Waals surface area contributed by atoms with E-state index in [1.165, 1.54) is 4.68 Å². The molecule has 0 fully saturated rings. The minimum Gasteiger partial charge on any atom is -0.470 e. The van der Waals surface area contributed by atoms with Crippen molar-refractivity contribution in [1.29, 1.82) is 0 Å². The highest BCUT2D eigenvalue weighted by atomic mass is 79.9. The van der Waals surface area contributed by atoms with Gasteiger partial charge in [-0.25, -0.2) is 4.68 Å². The number of hydrogen-bond acceptors (Lipinski definition) is 4. The molecule has 0 atom stereocenters. The molecule has 0 spiro atoms. The smallest absolute Gasteiger partial charge is 0.276 e. The van der Waals surface area contributed by atoms with E-state index in [4.69, 9.17) is 27.9 Å². The first-order chi connectivity index (χ1) is 15.0. The highest BCUT2D eigenvalue weighted by Gasteiger charge is 2.12. The lowest BCUT2D eigenvalue weighted by Gasteiger charge is -2.08. The predicted molar refractivity (Wildman–Crippen MR) is 123 cm³/mol. The summed E-state index contributed by atoms with van der Waals surface area (Å²) in [6, 6.07) is 14.4. The second-order valence-corrected chi connectivity index (χ2v) is 8.26. The van der Waals surface area contributed by atoms with Crippen LogP contribution < -0.4 is 10.1 Å². The fraction of sp³-hybridized carbons (Fsp3) is 0.0952. The summed E-state index contributed by atoms with van der Waals surface area (Å²) < 4.78 is 9.66. The first-order valence-electron chi connectivity index (χ1n) is 9.16. The van der Waals surface area contributed by atoms with Crippen molar-refractivity contribution in [2.24, 2.45) is 0 Å². The number of aromatic nitrogens is 4. The number of amides is 1. The van der Waals surface area contributed by atoms with Crippen LogP contribution in [-0.4, -0.2) is 25.5 Å². The maximum absolute atomic E-state index is 12.5. The molecule has 0 radical (unpaired) electrons.